The molecule has 0 spiro atoms. The van der Waals surface area contributed by atoms with E-state index >= 15 is 0 Å². The van der Waals surface area contributed by atoms with E-state index in [1.54, 1.807) is 4.90 Å². The first-order chi connectivity index (χ1) is 16.5. The van der Waals surface area contributed by atoms with E-state index < -0.39 is 6.04 Å². The van der Waals surface area contributed by atoms with Crippen molar-refractivity contribution in [3.63, 3.8) is 0 Å². The minimum Gasteiger partial charge on any atom is -0.355 e. The Morgan fingerprint density at radius 2 is 1.38 bits per heavy atom. The summed E-state index contributed by atoms with van der Waals surface area (Å²) in [4.78, 5) is 28.5. The number of amides is 2. The molecule has 0 saturated carbocycles. The molecule has 34 heavy (non-hydrogen) atoms. The second-order valence-electron chi connectivity index (χ2n) is 9.00. The predicted octanol–water partition coefficient (Wildman–Crippen LogP) is 5.52. The van der Waals surface area contributed by atoms with E-state index in [2.05, 4.69) is 43.4 Å². The van der Waals surface area contributed by atoms with Crippen LogP contribution in [0.1, 0.15) is 55.4 Å². The minimum atomic E-state index is -0.571. The Balaban J connectivity index is 1.83. The minimum absolute atomic E-state index is 0.0102. The van der Waals surface area contributed by atoms with Gasteiger partial charge in [-0.05, 0) is 41.5 Å². The maximum Gasteiger partial charge on any atom is 0.243 e. The maximum absolute atomic E-state index is 13.6. The molecule has 1 N–H and O–H groups in total. The third-order valence-electron chi connectivity index (χ3n) is 6.09. The van der Waals surface area contributed by atoms with Crippen LogP contribution < -0.4 is 5.32 Å². The van der Waals surface area contributed by atoms with Gasteiger partial charge in [0.2, 0.25) is 11.8 Å². The summed E-state index contributed by atoms with van der Waals surface area (Å²) in [6, 6.07) is 27.7. The number of aryl methyl sites for hydroxylation is 1. The number of carbonyl (C=O) groups is 2. The highest BCUT2D eigenvalue weighted by Gasteiger charge is 2.29. The first-order valence-corrected chi connectivity index (χ1v) is 12.2. The van der Waals surface area contributed by atoms with Crippen LogP contribution in [-0.2, 0) is 29.0 Å². The number of benzene rings is 3. The maximum atomic E-state index is 13.6. The summed E-state index contributed by atoms with van der Waals surface area (Å²) in [6.45, 7) is 7.18. The molecule has 3 aromatic carbocycles. The summed E-state index contributed by atoms with van der Waals surface area (Å²) >= 11 is 0. The van der Waals surface area contributed by atoms with Crippen molar-refractivity contribution in [2.45, 2.75) is 58.5 Å². The fraction of sp³-hybridized carbons (Fsp3) is 0.333. The first-order valence-electron chi connectivity index (χ1n) is 12.2. The van der Waals surface area contributed by atoms with E-state index in [0.29, 0.717) is 38.3 Å². The number of hydrogen-bond acceptors (Lipinski definition) is 2. The smallest absolute Gasteiger partial charge is 0.243 e. The monoisotopic (exact) mass is 456 g/mol. The average Bonchev–Trinajstić information content (AvgIpc) is 2.86. The number of carbonyl (C=O) groups excluding carboxylic acids is 2. The standard InChI is InChI=1S/C30H36N2O2/c1-4-31-30(34)28(21-25-11-7-5-8-12-25)32(22-26-13-9-6-10-14-26)29(33)20-17-24-15-18-27(19-16-24)23(2)3/h5-16,18-19,23,28H,4,17,20-22H2,1-3H3,(H,31,34)/t28-/m1/s1. The van der Waals surface area contributed by atoms with Gasteiger partial charge in [-0.1, -0.05) is 98.8 Å². The molecule has 0 aromatic heterocycles. The van der Waals surface area contributed by atoms with Crippen LogP contribution in [0.2, 0.25) is 0 Å². The van der Waals surface area contributed by atoms with Crippen LogP contribution in [0.4, 0.5) is 0 Å². The molecule has 0 bridgehead atoms. The average molecular weight is 457 g/mol. The molecule has 0 unspecified atom stereocenters. The quantitative estimate of drug-likeness (QED) is 0.413. The molecule has 0 radical (unpaired) electrons. The highest BCUT2D eigenvalue weighted by Crippen LogP contribution is 2.18. The Kier molecular flexibility index (Phi) is 9.45. The predicted molar refractivity (Wildman–Crippen MR) is 138 cm³/mol. The highest BCUT2D eigenvalue weighted by atomic mass is 16.2. The van der Waals surface area contributed by atoms with Crippen molar-refractivity contribution in [3.05, 3.63) is 107 Å². The summed E-state index contributed by atoms with van der Waals surface area (Å²) in [5, 5.41) is 2.94. The zero-order valence-corrected chi connectivity index (χ0v) is 20.5. The van der Waals surface area contributed by atoms with Gasteiger partial charge in [-0.2, -0.15) is 0 Å². The van der Waals surface area contributed by atoms with E-state index in [1.165, 1.54) is 5.56 Å². The molecule has 3 aromatic rings. The zero-order chi connectivity index (χ0) is 24.3. The Hall–Kier alpha value is -3.40. The van der Waals surface area contributed by atoms with Crippen molar-refractivity contribution in [2.75, 3.05) is 6.54 Å². The topological polar surface area (TPSA) is 49.4 Å². The van der Waals surface area contributed by atoms with Crippen LogP contribution in [0.3, 0.4) is 0 Å². The molecule has 2 amide bonds. The van der Waals surface area contributed by atoms with E-state index in [9.17, 15) is 9.59 Å². The van der Waals surface area contributed by atoms with E-state index in [1.807, 2.05) is 67.6 Å². The van der Waals surface area contributed by atoms with E-state index in [4.69, 9.17) is 0 Å². The van der Waals surface area contributed by atoms with Crippen molar-refractivity contribution < 1.29 is 9.59 Å². The van der Waals surface area contributed by atoms with Crippen molar-refractivity contribution in [1.29, 1.82) is 0 Å². The first kappa shape index (κ1) is 25.2. The normalized spacial score (nSPS) is 11.8. The molecular weight excluding hydrogens is 420 g/mol. The van der Waals surface area contributed by atoms with Gasteiger partial charge >= 0.3 is 0 Å². The fourth-order valence-corrected chi connectivity index (χ4v) is 4.09. The second-order valence-corrected chi connectivity index (χ2v) is 9.00. The van der Waals surface area contributed by atoms with E-state index in [0.717, 1.165) is 16.7 Å². The summed E-state index contributed by atoms with van der Waals surface area (Å²) in [7, 11) is 0. The Morgan fingerprint density at radius 1 is 0.794 bits per heavy atom. The lowest BCUT2D eigenvalue weighted by atomic mass is 9.99. The molecule has 0 aliphatic rings. The summed E-state index contributed by atoms with van der Waals surface area (Å²) in [5.74, 6) is 0.355. The van der Waals surface area contributed by atoms with Crippen molar-refractivity contribution in [2.24, 2.45) is 0 Å². The van der Waals surface area contributed by atoms with Gasteiger partial charge in [0.15, 0.2) is 0 Å². The molecule has 0 aliphatic carbocycles. The van der Waals surface area contributed by atoms with Crippen LogP contribution in [0, 0.1) is 0 Å². The van der Waals surface area contributed by atoms with Gasteiger partial charge in [0.05, 0.1) is 0 Å². The van der Waals surface area contributed by atoms with Crippen LogP contribution in [0.25, 0.3) is 0 Å². The fourth-order valence-electron chi connectivity index (χ4n) is 4.09. The summed E-state index contributed by atoms with van der Waals surface area (Å²) in [6.07, 6.45) is 1.49. The Bertz CT molecular complexity index is 1030. The third-order valence-corrected chi connectivity index (χ3v) is 6.09. The molecule has 3 rings (SSSR count). The molecule has 0 aliphatic heterocycles. The van der Waals surface area contributed by atoms with Crippen LogP contribution in [0.15, 0.2) is 84.9 Å². The second kappa shape index (κ2) is 12.7. The van der Waals surface area contributed by atoms with Gasteiger partial charge in [0, 0.05) is 25.9 Å². The summed E-state index contributed by atoms with van der Waals surface area (Å²) in [5.41, 5.74) is 4.48. The van der Waals surface area contributed by atoms with Gasteiger partial charge < -0.3 is 10.2 Å². The molecule has 1 atom stereocenters. The van der Waals surface area contributed by atoms with Gasteiger partial charge in [0.25, 0.3) is 0 Å². The van der Waals surface area contributed by atoms with Crippen LogP contribution in [0.5, 0.6) is 0 Å². The van der Waals surface area contributed by atoms with Gasteiger partial charge in [-0.25, -0.2) is 0 Å². The molecule has 178 valence electrons. The van der Waals surface area contributed by atoms with Gasteiger partial charge in [-0.15, -0.1) is 0 Å². The van der Waals surface area contributed by atoms with Crippen LogP contribution in [-0.4, -0.2) is 29.3 Å². The van der Waals surface area contributed by atoms with Gasteiger partial charge in [0.1, 0.15) is 6.04 Å². The SMILES string of the molecule is CCNC(=O)[C@@H](Cc1ccccc1)N(Cc1ccccc1)C(=O)CCc1ccc(C(C)C)cc1. The highest BCUT2D eigenvalue weighted by molar-refractivity contribution is 5.88. The van der Waals surface area contributed by atoms with Crippen LogP contribution >= 0.6 is 0 Å². The van der Waals surface area contributed by atoms with E-state index in [-0.39, 0.29) is 11.8 Å². The van der Waals surface area contributed by atoms with Crippen molar-refractivity contribution in [1.82, 2.24) is 10.2 Å². The zero-order valence-electron chi connectivity index (χ0n) is 20.5. The molecule has 0 fully saturated rings. The Labute approximate surface area is 204 Å². The lowest BCUT2D eigenvalue weighted by Gasteiger charge is -2.31. The Morgan fingerprint density at radius 3 is 1.94 bits per heavy atom. The number of nitrogens with one attached hydrogen (secondary N) is 1. The molecule has 4 nitrogen and oxygen atoms in total. The molecule has 4 heteroatoms. The molecule has 0 saturated heterocycles. The number of rotatable bonds is 11. The number of hydrogen-bond donors (Lipinski definition) is 1. The van der Waals surface area contributed by atoms with Crippen molar-refractivity contribution in [3.8, 4) is 0 Å². The lowest BCUT2D eigenvalue weighted by Crippen LogP contribution is -2.50. The largest absolute Gasteiger partial charge is 0.355 e. The third kappa shape index (κ3) is 7.31. The number of nitrogens with zero attached hydrogens (tertiary/aromatic N) is 1. The lowest BCUT2D eigenvalue weighted by molar-refractivity contribution is -0.141. The van der Waals surface area contributed by atoms with Crippen molar-refractivity contribution >= 4 is 11.8 Å². The summed E-state index contributed by atoms with van der Waals surface area (Å²) < 4.78 is 0. The molecular formula is C30H36N2O2. The number of likely N-dealkylation sites (N-methyl/N-ethyl adjacent to an activating group) is 1. The van der Waals surface area contributed by atoms with Gasteiger partial charge in [-0.3, -0.25) is 9.59 Å². The molecule has 0 heterocycles.